The summed E-state index contributed by atoms with van der Waals surface area (Å²) in [5.74, 6) is 0. The highest BCUT2D eigenvalue weighted by molar-refractivity contribution is 6.73. The van der Waals surface area contributed by atoms with Crippen molar-refractivity contribution in [3.05, 3.63) is 42.0 Å². The molecule has 0 aliphatic carbocycles. The van der Waals surface area contributed by atoms with Gasteiger partial charge >= 0.3 is 0 Å². The molecule has 118 valence electrons. The Balaban J connectivity index is 2.88. The lowest BCUT2D eigenvalue weighted by Crippen LogP contribution is -2.43. The van der Waals surface area contributed by atoms with Gasteiger partial charge in [-0.05, 0) is 30.1 Å². The van der Waals surface area contributed by atoms with Crippen molar-refractivity contribution in [3.63, 3.8) is 0 Å². The van der Waals surface area contributed by atoms with Crippen LogP contribution in [-0.2, 0) is 4.43 Å². The summed E-state index contributed by atoms with van der Waals surface area (Å²) in [6.45, 7) is 8.66. The third kappa shape index (κ3) is 5.42. The van der Waals surface area contributed by atoms with Gasteiger partial charge in [0.1, 0.15) is 0 Å². The zero-order valence-corrected chi connectivity index (χ0v) is 14.9. The van der Waals surface area contributed by atoms with Crippen LogP contribution in [0, 0.1) is 0 Å². The van der Waals surface area contributed by atoms with Crippen molar-refractivity contribution < 1.29 is 9.53 Å². The van der Waals surface area contributed by atoms with Crippen LogP contribution in [0.4, 0.5) is 0 Å². The molecular weight excluding hydrogens is 276 g/mol. The molecule has 2 atom stereocenters. The Kier molecular flexibility index (Phi) is 7.94. The average molecular weight is 307 g/mol. The van der Waals surface area contributed by atoms with Crippen LogP contribution < -0.4 is 0 Å². The minimum absolute atomic E-state index is 0.193. The third-order valence-electron chi connectivity index (χ3n) is 4.39. The van der Waals surface area contributed by atoms with Crippen LogP contribution in [0.25, 0.3) is 6.08 Å². The first-order valence-electron chi connectivity index (χ1n) is 8.19. The van der Waals surface area contributed by atoms with E-state index in [-0.39, 0.29) is 6.10 Å². The molecule has 0 aromatic heterocycles. The lowest BCUT2D eigenvalue weighted by molar-refractivity contribution is 0.0551. The predicted octanol–water partition coefficient (Wildman–Crippen LogP) is 4.86. The van der Waals surface area contributed by atoms with Crippen LogP contribution in [0.1, 0.15) is 39.7 Å². The number of hydrogen-bond donors (Lipinski definition) is 1. The number of rotatable bonds is 9. The van der Waals surface area contributed by atoms with E-state index in [9.17, 15) is 5.11 Å². The minimum Gasteiger partial charge on any atom is -0.408 e. The maximum atomic E-state index is 10.3. The van der Waals surface area contributed by atoms with Crippen molar-refractivity contribution in [1.29, 1.82) is 0 Å². The van der Waals surface area contributed by atoms with E-state index in [4.69, 9.17) is 4.43 Å². The molecule has 0 bridgehead atoms. The molecule has 0 aliphatic heterocycles. The fraction of sp³-hybridized carbons (Fsp3) is 0.556. The summed E-state index contributed by atoms with van der Waals surface area (Å²) in [7, 11) is -1.71. The summed E-state index contributed by atoms with van der Waals surface area (Å²) in [6.07, 6.45) is 4.18. The van der Waals surface area contributed by atoms with Crippen LogP contribution in [0.2, 0.25) is 18.1 Å². The molecule has 2 nitrogen and oxygen atoms in total. The molecule has 0 amide bonds. The number of benzene rings is 1. The van der Waals surface area contributed by atoms with E-state index in [0.29, 0.717) is 6.42 Å². The molecule has 0 radical (unpaired) electrons. The van der Waals surface area contributed by atoms with Crippen molar-refractivity contribution >= 4 is 14.4 Å². The first-order chi connectivity index (χ1) is 10.1. The zero-order chi connectivity index (χ0) is 15.7. The van der Waals surface area contributed by atoms with E-state index < -0.39 is 14.4 Å². The molecule has 0 aliphatic rings. The van der Waals surface area contributed by atoms with Crippen molar-refractivity contribution in [3.8, 4) is 0 Å². The van der Waals surface area contributed by atoms with Gasteiger partial charge in [0.15, 0.2) is 8.32 Å². The van der Waals surface area contributed by atoms with Gasteiger partial charge < -0.3 is 9.53 Å². The second kappa shape index (κ2) is 9.18. The van der Waals surface area contributed by atoms with Crippen molar-refractivity contribution in [2.45, 2.75) is 64.5 Å². The van der Waals surface area contributed by atoms with Gasteiger partial charge in [-0.3, -0.25) is 0 Å². The Labute approximate surface area is 131 Å². The lowest BCUT2D eigenvalue weighted by Gasteiger charge is -2.34. The molecule has 0 spiro atoms. The first kappa shape index (κ1) is 18.1. The lowest BCUT2D eigenvalue weighted by atomic mass is 10.1. The van der Waals surface area contributed by atoms with E-state index in [2.05, 4.69) is 39.0 Å². The maximum absolute atomic E-state index is 10.3. The Bertz CT molecular complexity index is 404. The summed E-state index contributed by atoms with van der Waals surface area (Å²) >= 11 is 0. The topological polar surface area (TPSA) is 29.5 Å². The molecule has 0 saturated heterocycles. The standard InChI is InChI=1S/C18H30O2Si/c1-5-17(19)18(20-21(6-2,7-3)8-4)15-14-16-12-10-9-11-13-16/h9-15,17-19H,5-8H2,1-4H3/b15-14+/t17-,18+/m0/s1. The van der Waals surface area contributed by atoms with Gasteiger partial charge in [-0.25, -0.2) is 0 Å². The Morgan fingerprint density at radius 3 is 2.10 bits per heavy atom. The van der Waals surface area contributed by atoms with Gasteiger partial charge in [-0.2, -0.15) is 0 Å². The normalized spacial score (nSPS) is 15.3. The summed E-state index contributed by atoms with van der Waals surface area (Å²) in [4.78, 5) is 0. The zero-order valence-electron chi connectivity index (χ0n) is 13.9. The Hall–Kier alpha value is -0.903. The van der Waals surface area contributed by atoms with Crippen molar-refractivity contribution in [2.75, 3.05) is 0 Å². The molecule has 0 unspecified atom stereocenters. The maximum Gasteiger partial charge on any atom is 0.193 e. The van der Waals surface area contributed by atoms with Crippen LogP contribution in [0.15, 0.2) is 36.4 Å². The monoisotopic (exact) mass is 306 g/mol. The smallest absolute Gasteiger partial charge is 0.193 e. The van der Waals surface area contributed by atoms with E-state index in [1.807, 2.05) is 31.2 Å². The van der Waals surface area contributed by atoms with Crippen LogP contribution in [0.5, 0.6) is 0 Å². The van der Waals surface area contributed by atoms with Crippen molar-refractivity contribution in [1.82, 2.24) is 0 Å². The Morgan fingerprint density at radius 2 is 1.62 bits per heavy atom. The second-order valence-corrected chi connectivity index (χ2v) is 10.3. The highest BCUT2D eigenvalue weighted by atomic mass is 28.4. The number of aliphatic hydroxyl groups excluding tert-OH is 1. The molecule has 0 heterocycles. The number of aliphatic hydroxyl groups is 1. The highest BCUT2D eigenvalue weighted by Gasteiger charge is 2.33. The van der Waals surface area contributed by atoms with Crippen molar-refractivity contribution in [2.24, 2.45) is 0 Å². The quantitative estimate of drug-likeness (QED) is 0.660. The number of hydrogen-bond acceptors (Lipinski definition) is 2. The van der Waals surface area contributed by atoms with E-state index in [0.717, 1.165) is 23.7 Å². The SMILES string of the molecule is CC[C@H](O)[C@@H](/C=C/c1ccccc1)O[Si](CC)(CC)CC. The molecule has 0 saturated carbocycles. The molecule has 3 heteroatoms. The molecular formula is C18H30O2Si. The van der Waals surface area contributed by atoms with Gasteiger partial charge in [0.05, 0.1) is 12.2 Å². The van der Waals surface area contributed by atoms with Gasteiger partial charge in [-0.15, -0.1) is 0 Å². The second-order valence-electron chi connectivity index (χ2n) is 5.57. The molecule has 21 heavy (non-hydrogen) atoms. The molecule has 1 rings (SSSR count). The van der Waals surface area contributed by atoms with Crippen LogP contribution in [-0.4, -0.2) is 25.6 Å². The van der Waals surface area contributed by atoms with E-state index >= 15 is 0 Å². The summed E-state index contributed by atoms with van der Waals surface area (Å²) < 4.78 is 6.46. The first-order valence-corrected chi connectivity index (χ1v) is 10.7. The van der Waals surface area contributed by atoms with Crippen LogP contribution >= 0.6 is 0 Å². The minimum atomic E-state index is -1.71. The molecule has 0 fully saturated rings. The molecule has 1 N–H and O–H groups in total. The average Bonchev–Trinajstić information content (AvgIpc) is 2.56. The van der Waals surface area contributed by atoms with Gasteiger partial charge in [-0.1, -0.05) is 70.2 Å². The molecule has 1 aromatic rings. The summed E-state index contributed by atoms with van der Waals surface area (Å²) in [5.41, 5.74) is 1.14. The predicted molar refractivity (Wildman–Crippen MR) is 93.8 cm³/mol. The van der Waals surface area contributed by atoms with E-state index in [1.54, 1.807) is 0 Å². The Morgan fingerprint density at radius 1 is 1.05 bits per heavy atom. The fourth-order valence-corrected chi connectivity index (χ4v) is 5.35. The fourth-order valence-electron chi connectivity index (χ4n) is 2.54. The van der Waals surface area contributed by atoms with Gasteiger partial charge in [0, 0.05) is 0 Å². The highest BCUT2D eigenvalue weighted by Crippen LogP contribution is 2.25. The summed E-state index contributed by atoms with van der Waals surface area (Å²) in [6, 6.07) is 13.5. The summed E-state index contributed by atoms with van der Waals surface area (Å²) in [5, 5.41) is 10.3. The van der Waals surface area contributed by atoms with E-state index in [1.165, 1.54) is 0 Å². The van der Waals surface area contributed by atoms with Crippen LogP contribution in [0.3, 0.4) is 0 Å². The third-order valence-corrected chi connectivity index (χ3v) is 9.03. The van der Waals surface area contributed by atoms with Gasteiger partial charge in [0.25, 0.3) is 0 Å². The van der Waals surface area contributed by atoms with Gasteiger partial charge in [0.2, 0.25) is 0 Å². The molecule has 1 aromatic carbocycles. The largest absolute Gasteiger partial charge is 0.408 e.